The van der Waals surface area contributed by atoms with Gasteiger partial charge in [-0.3, -0.25) is 4.79 Å². The average Bonchev–Trinajstić information content (AvgIpc) is 2.47. The second-order valence-corrected chi connectivity index (χ2v) is 5.03. The molecule has 0 radical (unpaired) electrons. The van der Waals surface area contributed by atoms with E-state index in [0.717, 1.165) is 5.56 Å². The van der Waals surface area contributed by atoms with Crippen LogP contribution in [0.15, 0.2) is 53.3 Å². The first-order valence-electron chi connectivity index (χ1n) is 6.63. The lowest BCUT2D eigenvalue weighted by molar-refractivity contribution is 0.479. The van der Waals surface area contributed by atoms with E-state index in [1.807, 2.05) is 30.3 Å². The van der Waals surface area contributed by atoms with Crippen LogP contribution in [0, 0.1) is 12.7 Å². The topological polar surface area (TPSA) is 42.2 Å². The first-order valence-corrected chi connectivity index (χ1v) is 6.63. The van der Waals surface area contributed by atoms with Crippen LogP contribution in [0.4, 0.5) is 4.39 Å². The number of phenolic OH excluding ortho intramolecular Hbond substituents is 1. The summed E-state index contributed by atoms with van der Waals surface area (Å²) in [6.07, 6.45) is 0. The Balaban J connectivity index is 2.32. The normalized spacial score (nSPS) is 11.0. The van der Waals surface area contributed by atoms with Crippen molar-refractivity contribution in [1.29, 1.82) is 0 Å². The van der Waals surface area contributed by atoms with Gasteiger partial charge in [-0.05, 0) is 30.2 Å². The maximum atomic E-state index is 14.2. The zero-order valence-corrected chi connectivity index (χ0v) is 11.5. The molecule has 0 saturated heterocycles. The molecule has 1 aromatic heterocycles. The molecule has 3 nitrogen and oxygen atoms in total. The lowest BCUT2D eigenvalue weighted by Crippen LogP contribution is -2.21. The Morgan fingerprint density at radius 1 is 1.14 bits per heavy atom. The quantitative estimate of drug-likeness (QED) is 0.784. The lowest BCUT2D eigenvalue weighted by atomic mass is 10.1. The highest BCUT2D eigenvalue weighted by Gasteiger charge is 2.14. The highest BCUT2D eigenvalue weighted by Crippen LogP contribution is 2.28. The van der Waals surface area contributed by atoms with Crippen LogP contribution in [0.2, 0.25) is 0 Å². The smallest absolute Gasteiger partial charge is 0.251 e. The van der Waals surface area contributed by atoms with Crippen molar-refractivity contribution in [2.75, 3.05) is 0 Å². The number of rotatable bonds is 2. The molecule has 2 aromatic carbocycles. The third-order valence-electron chi connectivity index (χ3n) is 3.56. The maximum absolute atomic E-state index is 14.2. The number of pyridine rings is 1. The van der Waals surface area contributed by atoms with Gasteiger partial charge in [0, 0.05) is 11.5 Å². The number of benzene rings is 2. The van der Waals surface area contributed by atoms with E-state index in [4.69, 9.17) is 0 Å². The first-order chi connectivity index (χ1) is 10.1. The summed E-state index contributed by atoms with van der Waals surface area (Å²) in [5, 5.41) is 10.4. The average molecular weight is 283 g/mol. The van der Waals surface area contributed by atoms with Crippen LogP contribution in [-0.2, 0) is 6.54 Å². The van der Waals surface area contributed by atoms with E-state index in [2.05, 4.69) is 0 Å². The Morgan fingerprint density at radius 2 is 1.86 bits per heavy atom. The van der Waals surface area contributed by atoms with Crippen molar-refractivity contribution in [3.05, 3.63) is 75.8 Å². The van der Waals surface area contributed by atoms with E-state index >= 15 is 0 Å². The molecule has 0 aliphatic carbocycles. The molecule has 1 heterocycles. The highest BCUT2D eigenvalue weighted by molar-refractivity contribution is 5.88. The zero-order chi connectivity index (χ0) is 15.0. The Labute approximate surface area is 120 Å². The minimum Gasteiger partial charge on any atom is -0.507 e. The molecule has 0 amide bonds. The molecule has 4 heteroatoms. The van der Waals surface area contributed by atoms with Crippen molar-refractivity contribution in [1.82, 2.24) is 4.57 Å². The molecule has 0 atom stereocenters. The predicted molar refractivity (Wildman–Crippen MR) is 80.1 cm³/mol. The summed E-state index contributed by atoms with van der Waals surface area (Å²) in [5.74, 6) is -0.537. The molecule has 3 aromatic rings. The number of hydrogen-bond acceptors (Lipinski definition) is 2. The van der Waals surface area contributed by atoms with Crippen molar-refractivity contribution in [2.24, 2.45) is 0 Å². The van der Waals surface area contributed by atoms with Crippen LogP contribution >= 0.6 is 0 Å². The number of hydrogen-bond donors (Lipinski definition) is 1. The van der Waals surface area contributed by atoms with Gasteiger partial charge in [0.25, 0.3) is 5.56 Å². The molecular formula is C17H14FNO2. The Hall–Kier alpha value is -2.62. The SMILES string of the molecule is Cc1cc(=O)n(Cc2ccccc2)c2c(F)ccc(O)c12. The van der Waals surface area contributed by atoms with Gasteiger partial charge in [-0.15, -0.1) is 0 Å². The number of fused-ring (bicyclic) bond motifs is 1. The summed E-state index contributed by atoms with van der Waals surface area (Å²) in [7, 11) is 0. The van der Waals surface area contributed by atoms with E-state index in [9.17, 15) is 14.3 Å². The standard InChI is InChI=1S/C17H14FNO2/c1-11-9-15(21)19(10-12-5-3-2-4-6-12)17-13(18)7-8-14(20)16(11)17/h2-9,20H,10H2,1H3. The molecule has 106 valence electrons. The van der Waals surface area contributed by atoms with Crippen LogP contribution in [0.5, 0.6) is 5.75 Å². The number of nitrogens with zero attached hydrogens (tertiary/aromatic N) is 1. The lowest BCUT2D eigenvalue weighted by Gasteiger charge is -2.13. The van der Waals surface area contributed by atoms with Gasteiger partial charge in [-0.2, -0.15) is 0 Å². The van der Waals surface area contributed by atoms with Gasteiger partial charge >= 0.3 is 0 Å². The second-order valence-electron chi connectivity index (χ2n) is 5.03. The molecule has 0 aliphatic rings. The monoisotopic (exact) mass is 283 g/mol. The minimum atomic E-state index is -0.514. The maximum Gasteiger partial charge on any atom is 0.251 e. The van der Waals surface area contributed by atoms with Gasteiger partial charge in [-0.25, -0.2) is 4.39 Å². The third kappa shape index (κ3) is 2.29. The van der Waals surface area contributed by atoms with Crippen molar-refractivity contribution in [3.8, 4) is 5.75 Å². The fraction of sp³-hybridized carbons (Fsp3) is 0.118. The van der Waals surface area contributed by atoms with Gasteiger partial charge in [0.2, 0.25) is 0 Å². The fourth-order valence-corrected chi connectivity index (χ4v) is 2.58. The van der Waals surface area contributed by atoms with E-state index in [-0.39, 0.29) is 23.4 Å². The Kier molecular flexibility index (Phi) is 3.22. The zero-order valence-electron chi connectivity index (χ0n) is 11.5. The molecule has 0 bridgehead atoms. The number of aromatic nitrogens is 1. The van der Waals surface area contributed by atoms with Gasteiger partial charge in [0.15, 0.2) is 0 Å². The van der Waals surface area contributed by atoms with Gasteiger partial charge in [0.05, 0.1) is 12.1 Å². The molecule has 0 aliphatic heterocycles. The number of phenols is 1. The predicted octanol–water partition coefficient (Wildman–Crippen LogP) is 3.20. The van der Waals surface area contributed by atoms with E-state index in [0.29, 0.717) is 10.9 Å². The summed E-state index contributed by atoms with van der Waals surface area (Å²) >= 11 is 0. The van der Waals surface area contributed by atoms with Crippen LogP contribution in [-0.4, -0.2) is 9.67 Å². The molecule has 1 N–H and O–H groups in total. The molecule has 21 heavy (non-hydrogen) atoms. The van der Waals surface area contributed by atoms with Crippen LogP contribution in [0.25, 0.3) is 10.9 Å². The van der Waals surface area contributed by atoms with Crippen molar-refractivity contribution in [3.63, 3.8) is 0 Å². The third-order valence-corrected chi connectivity index (χ3v) is 3.56. The highest BCUT2D eigenvalue weighted by atomic mass is 19.1. The minimum absolute atomic E-state index is 0.0225. The van der Waals surface area contributed by atoms with Crippen LogP contribution in [0.1, 0.15) is 11.1 Å². The van der Waals surface area contributed by atoms with Gasteiger partial charge < -0.3 is 9.67 Å². The van der Waals surface area contributed by atoms with E-state index in [1.165, 1.54) is 22.8 Å². The van der Waals surface area contributed by atoms with Gasteiger partial charge in [0.1, 0.15) is 11.6 Å². The molecule has 0 fully saturated rings. The summed E-state index contributed by atoms with van der Waals surface area (Å²) < 4.78 is 15.6. The Bertz CT molecular complexity index is 869. The number of halogens is 1. The van der Waals surface area contributed by atoms with E-state index < -0.39 is 5.82 Å². The molecular weight excluding hydrogens is 269 g/mol. The summed E-state index contributed by atoms with van der Waals surface area (Å²) in [6.45, 7) is 1.95. The van der Waals surface area contributed by atoms with E-state index in [1.54, 1.807) is 6.92 Å². The first kappa shape index (κ1) is 13.4. The summed E-state index contributed by atoms with van der Waals surface area (Å²) in [6, 6.07) is 13.3. The fourth-order valence-electron chi connectivity index (χ4n) is 2.58. The number of aromatic hydroxyl groups is 1. The second kappa shape index (κ2) is 5.05. The summed E-state index contributed by atoms with van der Waals surface area (Å²) in [4.78, 5) is 12.2. The Morgan fingerprint density at radius 3 is 2.57 bits per heavy atom. The van der Waals surface area contributed by atoms with Crippen LogP contribution < -0.4 is 5.56 Å². The van der Waals surface area contributed by atoms with Crippen LogP contribution in [0.3, 0.4) is 0 Å². The molecule has 0 unspecified atom stereocenters. The summed E-state index contributed by atoms with van der Waals surface area (Å²) in [5.41, 5.74) is 1.32. The van der Waals surface area contributed by atoms with Crippen molar-refractivity contribution in [2.45, 2.75) is 13.5 Å². The number of aryl methyl sites for hydroxylation is 1. The molecule has 0 spiro atoms. The molecule has 0 saturated carbocycles. The van der Waals surface area contributed by atoms with Crippen molar-refractivity contribution >= 4 is 10.9 Å². The molecule has 3 rings (SSSR count). The van der Waals surface area contributed by atoms with Crippen molar-refractivity contribution < 1.29 is 9.50 Å². The van der Waals surface area contributed by atoms with Gasteiger partial charge in [-0.1, -0.05) is 30.3 Å². The largest absolute Gasteiger partial charge is 0.507 e.